The van der Waals surface area contributed by atoms with Gasteiger partial charge in [0.05, 0.1) is 0 Å². The maximum Gasteiger partial charge on any atom is 0.407 e. The molecule has 0 aliphatic carbocycles. The minimum absolute atomic E-state index is 0.309. The Morgan fingerprint density at radius 3 is 2.57 bits per heavy atom. The van der Waals surface area contributed by atoms with Crippen LogP contribution < -0.4 is 10.6 Å². The molecule has 0 rings (SSSR count). The number of unbranched alkanes of at least 4 members (excludes halogenated alkanes) is 1. The fourth-order valence-electron chi connectivity index (χ4n) is 0.936. The number of ether oxygens (including phenoxy) is 1. The number of hydrogen-bond donors (Lipinski definition) is 2. The van der Waals surface area contributed by atoms with Crippen LogP contribution in [0.2, 0.25) is 0 Å². The van der Waals surface area contributed by atoms with Crippen molar-refractivity contribution in [1.29, 1.82) is 0 Å². The molecule has 4 nitrogen and oxygen atoms in total. The summed E-state index contributed by atoms with van der Waals surface area (Å²) in [6.45, 7) is 7.04. The van der Waals surface area contributed by atoms with Crippen LogP contribution in [-0.4, -0.2) is 32.3 Å². The number of alkyl carbamates (subject to hydrolysis) is 1. The Balaban J connectivity index is 3.10. The normalized spacial score (nSPS) is 9.86. The highest BCUT2D eigenvalue weighted by atomic mass is 16.5. The molecule has 0 aliphatic rings. The standard InChI is InChI=1S/C10H22N2O2/c1-3-5-7-12-10(13)14-9-8-11-6-4-2/h11H,3-9H2,1-2H3,(H,12,13). The van der Waals surface area contributed by atoms with Crippen LogP contribution in [0.1, 0.15) is 33.1 Å². The van der Waals surface area contributed by atoms with Gasteiger partial charge in [-0.15, -0.1) is 0 Å². The topological polar surface area (TPSA) is 50.4 Å². The van der Waals surface area contributed by atoms with Crippen molar-refractivity contribution in [3.8, 4) is 0 Å². The van der Waals surface area contributed by atoms with Crippen molar-refractivity contribution in [2.24, 2.45) is 0 Å². The summed E-state index contributed by atoms with van der Waals surface area (Å²) in [5.41, 5.74) is 0. The molecule has 0 aromatic rings. The molecule has 14 heavy (non-hydrogen) atoms. The lowest BCUT2D eigenvalue weighted by molar-refractivity contribution is 0.146. The Kier molecular flexibility index (Phi) is 9.74. The summed E-state index contributed by atoms with van der Waals surface area (Å²) < 4.78 is 4.92. The zero-order valence-electron chi connectivity index (χ0n) is 9.27. The zero-order chi connectivity index (χ0) is 10.6. The second kappa shape index (κ2) is 10.3. The number of rotatable bonds is 8. The van der Waals surface area contributed by atoms with Crippen LogP contribution in [0.15, 0.2) is 0 Å². The Labute approximate surface area is 86.4 Å². The highest BCUT2D eigenvalue weighted by Gasteiger charge is 1.98. The minimum Gasteiger partial charge on any atom is -0.448 e. The molecule has 0 atom stereocenters. The third kappa shape index (κ3) is 9.32. The summed E-state index contributed by atoms with van der Waals surface area (Å²) >= 11 is 0. The maximum absolute atomic E-state index is 11.0. The molecule has 0 aromatic carbocycles. The van der Waals surface area contributed by atoms with Crippen LogP contribution in [0.5, 0.6) is 0 Å². The van der Waals surface area contributed by atoms with E-state index in [9.17, 15) is 4.79 Å². The van der Waals surface area contributed by atoms with Crippen LogP contribution in [0.25, 0.3) is 0 Å². The first-order chi connectivity index (χ1) is 6.81. The summed E-state index contributed by atoms with van der Waals surface area (Å²) in [5, 5.41) is 5.84. The molecular formula is C10H22N2O2. The van der Waals surface area contributed by atoms with E-state index in [0.29, 0.717) is 13.2 Å². The number of amides is 1. The number of nitrogens with one attached hydrogen (secondary N) is 2. The summed E-state index contributed by atoms with van der Waals surface area (Å²) in [4.78, 5) is 11.0. The molecule has 2 N–H and O–H groups in total. The summed E-state index contributed by atoms with van der Waals surface area (Å²) in [6, 6.07) is 0. The third-order valence-corrected chi connectivity index (χ3v) is 1.74. The lowest BCUT2D eigenvalue weighted by Gasteiger charge is -2.06. The number of carbonyl (C=O) groups excluding carboxylic acids is 1. The van der Waals surface area contributed by atoms with Gasteiger partial charge in [0, 0.05) is 13.1 Å². The van der Waals surface area contributed by atoms with Gasteiger partial charge in [-0.25, -0.2) is 4.79 Å². The van der Waals surface area contributed by atoms with Crippen molar-refractivity contribution in [3.05, 3.63) is 0 Å². The van der Waals surface area contributed by atoms with E-state index < -0.39 is 0 Å². The van der Waals surface area contributed by atoms with Crippen LogP contribution in [0, 0.1) is 0 Å². The molecule has 1 amide bonds. The monoisotopic (exact) mass is 202 g/mol. The third-order valence-electron chi connectivity index (χ3n) is 1.74. The largest absolute Gasteiger partial charge is 0.448 e. The lowest BCUT2D eigenvalue weighted by Crippen LogP contribution is -2.28. The molecule has 0 saturated heterocycles. The van der Waals surface area contributed by atoms with E-state index in [1.807, 2.05) is 0 Å². The fourth-order valence-corrected chi connectivity index (χ4v) is 0.936. The van der Waals surface area contributed by atoms with Gasteiger partial charge in [-0.2, -0.15) is 0 Å². The molecule has 0 radical (unpaired) electrons. The molecule has 0 bridgehead atoms. The Bertz CT molecular complexity index is 140. The second-order valence-electron chi connectivity index (χ2n) is 3.17. The van der Waals surface area contributed by atoms with Crippen molar-refractivity contribution >= 4 is 6.09 Å². The van der Waals surface area contributed by atoms with Crippen molar-refractivity contribution in [1.82, 2.24) is 10.6 Å². The maximum atomic E-state index is 11.0. The van der Waals surface area contributed by atoms with E-state index in [0.717, 1.165) is 32.4 Å². The van der Waals surface area contributed by atoms with Gasteiger partial charge in [0.15, 0.2) is 0 Å². The second-order valence-corrected chi connectivity index (χ2v) is 3.17. The van der Waals surface area contributed by atoms with E-state index in [1.54, 1.807) is 0 Å². The predicted octanol–water partition coefficient (Wildman–Crippen LogP) is 1.51. The average Bonchev–Trinajstić information content (AvgIpc) is 2.18. The molecule has 0 aliphatic heterocycles. The Morgan fingerprint density at radius 2 is 1.93 bits per heavy atom. The van der Waals surface area contributed by atoms with Crippen molar-refractivity contribution in [3.63, 3.8) is 0 Å². The molecule has 0 spiro atoms. The summed E-state index contributed by atoms with van der Waals surface area (Å²) in [7, 11) is 0. The molecular weight excluding hydrogens is 180 g/mol. The van der Waals surface area contributed by atoms with Gasteiger partial charge in [-0.05, 0) is 19.4 Å². The van der Waals surface area contributed by atoms with Crippen molar-refractivity contribution in [2.75, 3.05) is 26.2 Å². The quantitative estimate of drug-likeness (QED) is 0.587. The fraction of sp³-hybridized carbons (Fsp3) is 0.900. The predicted molar refractivity (Wildman–Crippen MR) is 57.4 cm³/mol. The van der Waals surface area contributed by atoms with Crippen molar-refractivity contribution in [2.45, 2.75) is 33.1 Å². The van der Waals surface area contributed by atoms with E-state index >= 15 is 0 Å². The van der Waals surface area contributed by atoms with E-state index in [4.69, 9.17) is 4.74 Å². The van der Waals surface area contributed by atoms with Gasteiger partial charge >= 0.3 is 6.09 Å². The highest BCUT2D eigenvalue weighted by Crippen LogP contribution is 1.84. The van der Waals surface area contributed by atoms with Gasteiger partial charge in [0.2, 0.25) is 0 Å². The highest BCUT2D eigenvalue weighted by molar-refractivity contribution is 5.66. The minimum atomic E-state index is -0.309. The van der Waals surface area contributed by atoms with Crippen LogP contribution in [0.3, 0.4) is 0 Å². The number of carbonyl (C=O) groups is 1. The smallest absolute Gasteiger partial charge is 0.407 e. The Hall–Kier alpha value is -0.770. The first-order valence-electron chi connectivity index (χ1n) is 5.42. The average molecular weight is 202 g/mol. The Morgan fingerprint density at radius 1 is 1.14 bits per heavy atom. The van der Waals surface area contributed by atoms with Gasteiger partial charge in [0.25, 0.3) is 0 Å². The van der Waals surface area contributed by atoms with Gasteiger partial charge in [0.1, 0.15) is 6.61 Å². The molecule has 84 valence electrons. The van der Waals surface area contributed by atoms with Crippen LogP contribution in [0.4, 0.5) is 4.79 Å². The van der Waals surface area contributed by atoms with Gasteiger partial charge < -0.3 is 15.4 Å². The summed E-state index contributed by atoms with van der Waals surface area (Å²) in [6.07, 6.45) is 2.88. The van der Waals surface area contributed by atoms with Crippen molar-refractivity contribution < 1.29 is 9.53 Å². The number of hydrogen-bond acceptors (Lipinski definition) is 3. The first-order valence-corrected chi connectivity index (χ1v) is 5.42. The molecule has 4 heteroatoms. The molecule has 0 fully saturated rings. The molecule has 0 aromatic heterocycles. The zero-order valence-corrected chi connectivity index (χ0v) is 9.27. The molecule has 0 saturated carbocycles. The van der Waals surface area contributed by atoms with E-state index in [2.05, 4.69) is 24.5 Å². The lowest BCUT2D eigenvalue weighted by atomic mass is 10.3. The van der Waals surface area contributed by atoms with Gasteiger partial charge in [-0.3, -0.25) is 0 Å². The van der Waals surface area contributed by atoms with E-state index in [-0.39, 0.29) is 6.09 Å². The van der Waals surface area contributed by atoms with Crippen LogP contribution >= 0.6 is 0 Å². The SMILES string of the molecule is CCCCNC(=O)OCCNCCC. The van der Waals surface area contributed by atoms with E-state index in [1.165, 1.54) is 0 Å². The first kappa shape index (κ1) is 13.2. The van der Waals surface area contributed by atoms with Gasteiger partial charge in [-0.1, -0.05) is 20.3 Å². The molecule has 0 heterocycles. The van der Waals surface area contributed by atoms with Crippen LogP contribution in [-0.2, 0) is 4.74 Å². The summed E-state index contributed by atoms with van der Waals surface area (Å²) in [5.74, 6) is 0. The molecule has 0 unspecified atom stereocenters.